The molecular weight excluding hydrogens is 338 g/mol. The van der Waals surface area contributed by atoms with E-state index in [2.05, 4.69) is 10.4 Å². The minimum absolute atomic E-state index is 0.108. The largest absolute Gasteiger partial charge is 0.488 e. The smallest absolute Gasteiger partial charge is 0.251 e. The van der Waals surface area contributed by atoms with Gasteiger partial charge in [0.2, 0.25) is 0 Å². The first-order chi connectivity index (χ1) is 13.1. The van der Waals surface area contributed by atoms with Gasteiger partial charge in [-0.2, -0.15) is 5.10 Å². The molecule has 1 heterocycles. The maximum atomic E-state index is 12.3. The van der Waals surface area contributed by atoms with Crippen LogP contribution in [0.5, 0.6) is 5.75 Å². The molecule has 0 aliphatic rings. The summed E-state index contributed by atoms with van der Waals surface area (Å²) in [7, 11) is 0. The highest BCUT2D eigenvalue weighted by Crippen LogP contribution is 2.23. The molecule has 0 atom stereocenters. The van der Waals surface area contributed by atoms with E-state index in [1.54, 1.807) is 0 Å². The van der Waals surface area contributed by atoms with E-state index in [1.807, 2.05) is 80.2 Å². The summed E-state index contributed by atoms with van der Waals surface area (Å²) < 4.78 is 7.80. The Bertz CT molecular complexity index is 893. The molecule has 3 aromatic rings. The lowest BCUT2D eigenvalue weighted by molar-refractivity contribution is 0.0950. The van der Waals surface area contributed by atoms with Gasteiger partial charge in [0, 0.05) is 18.3 Å². The summed E-state index contributed by atoms with van der Waals surface area (Å²) >= 11 is 0. The number of aromatic nitrogens is 2. The Balaban J connectivity index is 1.55. The molecule has 2 aromatic carbocycles. The van der Waals surface area contributed by atoms with E-state index < -0.39 is 0 Å². The van der Waals surface area contributed by atoms with Crippen molar-refractivity contribution in [1.29, 1.82) is 0 Å². The van der Waals surface area contributed by atoms with Crippen LogP contribution in [0.25, 0.3) is 0 Å². The number of para-hydroxylation sites is 1. The second-order valence-electron chi connectivity index (χ2n) is 6.55. The number of carbonyl (C=O) groups is 1. The van der Waals surface area contributed by atoms with E-state index in [0.29, 0.717) is 18.7 Å². The molecule has 0 bridgehead atoms. The second-order valence-corrected chi connectivity index (χ2v) is 6.55. The van der Waals surface area contributed by atoms with Crippen LogP contribution in [0.1, 0.15) is 39.7 Å². The second kappa shape index (κ2) is 8.54. The van der Waals surface area contributed by atoms with Crippen LogP contribution >= 0.6 is 0 Å². The molecule has 1 amide bonds. The fraction of sp³-hybridized carbons (Fsp3) is 0.273. The standard InChI is InChI=1S/C22H25N3O2/c1-4-25-13-12-20(24-25)14-23-22(26)19-10-8-18(9-11-19)15-27-21-16(2)6-5-7-17(21)3/h5-13H,4,14-15H2,1-3H3,(H,23,26). The van der Waals surface area contributed by atoms with Crippen LogP contribution in [0.15, 0.2) is 54.7 Å². The van der Waals surface area contributed by atoms with E-state index in [-0.39, 0.29) is 5.91 Å². The van der Waals surface area contributed by atoms with Gasteiger partial charge in [0.25, 0.3) is 5.91 Å². The van der Waals surface area contributed by atoms with Gasteiger partial charge in [-0.1, -0.05) is 30.3 Å². The van der Waals surface area contributed by atoms with E-state index in [4.69, 9.17) is 4.74 Å². The number of nitrogens with zero attached hydrogens (tertiary/aromatic N) is 2. The Morgan fingerprint density at radius 1 is 1.07 bits per heavy atom. The average molecular weight is 363 g/mol. The normalized spacial score (nSPS) is 10.6. The van der Waals surface area contributed by atoms with E-state index in [0.717, 1.165) is 34.7 Å². The van der Waals surface area contributed by atoms with E-state index >= 15 is 0 Å². The number of benzene rings is 2. The highest BCUT2D eigenvalue weighted by atomic mass is 16.5. The van der Waals surface area contributed by atoms with Crippen LogP contribution in [0.2, 0.25) is 0 Å². The molecular formula is C22H25N3O2. The highest BCUT2D eigenvalue weighted by molar-refractivity contribution is 5.94. The molecule has 0 unspecified atom stereocenters. The molecule has 0 aliphatic carbocycles. The van der Waals surface area contributed by atoms with Crippen LogP contribution in [-0.2, 0) is 19.7 Å². The Hall–Kier alpha value is -3.08. The fourth-order valence-corrected chi connectivity index (χ4v) is 2.88. The van der Waals surface area contributed by atoms with Crippen LogP contribution in [0.3, 0.4) is 0 Å². The van der Waals surface area contributed by atoms with Gasteiger partial charge in [-0.15, -0.1) is 0 Å². The number of ether oxygens (including phenoxy) is 1. The van der Waals surface area contributed by atoms with Crippen LogP contribution in [-0.4, -0.2) is 15.7 Å². The van der Waals surface area contributed by atoms with Crippen molar-refractivity contribution in [2.75, 3.05) is 0 Å². The minimum atomic E-state index is -0.108. The van der Waals surface area contributed by atoms with Crippen molar-refractivity contribution < 1.29 is 9.53 Å². The number of rotatable bonds is 7. The quantitative estimate of drug-likeness (QED) is 0.689. The van der Waals surface area contributed by atoms with Crippen LogP contribution < -0.4 is 10.1 Å². The summed E-state index contributed by atoms with van der Waals surface area (Å²) in [5.41, 5.74) is 4.74. The van der Waals surface area contributed by atoms with Gasteiger partial charge in [-0.05, 0) is 55.7 Å². The summed E-state index contributed by atoms with van der Waals surface area (Å²) in [6, 6.07) is 15.5. The van der Waals surface area contributed by atoms with Crippen molar-refractivity contribution in [1.82, 2.24) is 15.1 Å². The molecule has 5 nitrogen and oxygen atoms in total. The summed E-state index contributed by atoms with van der Waals surface area (Å²) in [6.07, 6.45) is 1.91. The maximum Gasteiger partial charge on any atom is 0.251 e. The predicted octanol–water partition coefficient (Wildman–Crippen LogP) is 4.03. The van der Waals surface area contributed by atoms with Crippen LogP contribution in [0.4, 0.5) is 0 Å². The maximum absolute atomic E-state index is 12.3. The van der Waals surface area contributed by atoms with E-state index in [1.165, 1.54) is 0 Å². The molecule has 0 aliphatic heterocycles. The molecule has 140 valence electrons. The molecule has 1 N–H and O–H groups in total. The van der Waals surface area contributed by atoms with Crippen molar-refractivity contribution in [3.8, 4) is 5.75 Å². The number of amides is 1. The molecule has 1 aromatic heterocycles. The lowest BCUT2D eigenvalue weighted by Gasteiger charge is -2.12. The molecule has 27 heavy (non-hydrogen) atoms. The number of nitrogens with one attached hydrogen (secondary N) is 1. The predicted molar refractivity (Wildman–Crippen MR) is 106 cm³/mol. The molecule has 3 rings (SSSR count). The first-order valence-electron chi connectivity index (χ1n) is 9.15. The van der Waals surface area contributed by atoms with Crippen molar-refractivity contribution in [3.05, 3.63) is 82.7 Å². The molecule has 0 radical (unpaired) electrons. The van der Waals surface area contributed by atoms with Gasteiger partial charge in [0.15, 0.2) is 0 Å². The first kappa shape index (κ1) is 18.7. The lowest BCUT2D eigenvalue weighted by Crippen LogP contribution is -2.23. The molecule has 0 fully saturated rings. The zero-order valence-electron chi connectivity index (χ0n) is 16.0. The number of hydrogen-bond donors (Lipinski definition) is 1. The van der Waals surface area contributed by atoms with Gasteiger partial charge in [0.05, 0.1) is 12.2 Å². The van der Waals surface area contributed by atoms with Gasteiger partial charge in [0.1, 0.15) is 12.4 Å². The van der Waals surface area contributed by atoms with Crippen molar-refractivity contribution >= 4 is 5.91 Å². The number of aryl methyl sites for hydroxylation is 3. The monoisotopic (exact) mass is 363 g/mol. The Kier molecular flexibility index (Phi) is 5.91. The minimum Gasteiger partial charge on any atom is -0.488 e. The number of hydrogen-bond acceptors (Lipinski definition) is 3. The zero-order valence-corrected chi connectivity index (χ0v) is 16.0. The van der Waals surface area contributed by atoms with Crippen molar-refractivity contribution in [2.45, 2.75) is 40.5 Å². The SMILES string of the molecule is CCn1ccc(CNC(=O)c2ccc(COc3c(C)cccc3C)cc2)n1. The lowest BCUT2D eigenvalue weighted by atomic mass is 10.1. The summed E-state index contributed by atoms with van der Waals surface area (Å²) in [6.45, 7) is 7.82. The molecule has 0 spiro atoms. The Morgan fingerprint density at radius 2 is 1.78 bits per heavy atom. The Morgan fingerprint density at radius 3 is 2.41 bits per heavy atom. The summed E-state index contributed by atoms with van der Waals surface area (Å²) in [5, 5.41) is 7.26. The number of carbonyl (C=O) groups excluding carboxylic acids is 1. The van der Waals surface area contributed by atoms with E-state index in [9.17, 15) is 4.79 Å². The summed E-state index contributed by atoms with van der Waals surface area (Å²) in [4.78, 5) is 12.3. The van der Waals surface area contributed by atoms with Crippen molar-refractivity contribution in [3.63, 3.8) is 0 Å². The zero-order chi connectivity index (χ0) is 19.2. The van der Waals surface area contributed by atoms with Gasteiger partial charge in [-0.3, -0.25) is 9.48 Å². The Labute approximate surface area is 160 Å². The summed E-state index contributed by atoms with van der Waals surface area (Å²) in [5.74, 6) is 0.814. The molecule has 0 saturated heterocycles. The first-order valence-corrected chi connectivity index (χ1v) is 9.15. The third-order valence-electron chi connectivity index (χ3n) is 4.46. The average Bonchev–Trinajstić information content (AvgIpc) is 3.14. The topological polar surface area (TPSA) is 56.2 Å². The van der Waals surface area contributed by atoms with Gasteiger partial charge < -0.3 is 10.1 Å². The van der Waals surface area contributed by atoms with Crippen LogP contribution in [0, 0.1) is 13.8 Å². The van der Waals surface area contributed by atoms with Gasteiger partial charge >= 0.3 is 0 Å². The third kappa shape index (κ3) is 4.76. The highest BCUT2D eigenvalue weighted by Gasteiger charge is 2.08. The molecule has 5 heteroatoms. The molecule has 0 saturated carbocycles. The van der Waals surface area contributed by atoms with Crippen molar-refractivity contribution in [2.24, 2.45) is 0 Å². The fourth-order valence-electron chi connectivity index (χ4n) is 2.88. The van der Waals surface area contributed by atoms with Gasteiger partial charge in [-0.25, -0.2) is 0 Å². The third-order valence-corrected chi connectivity index (χ3v) is 4.46.